The van der Waals surface area contributed by atoms with E-state index in [9.17, 15) is 4.79 Å². The third-order valence-corrected chi connectivity index (χ3v) is 2.56. The van der Waals surface area contributed by atoms with Crippen molar-refractivity contribution in [3.63, 3.8) is 0 Å². The van der Waals surface area contributed by atoms with Crippen LogP contribution in [0.4, 0.5) is 0 Å². The highest BCUT2D eigenvalue weighted by Gasteiger charge is 2.32. The van der Waals surface area contributed by atoms with Crippen molar-refractivity contribution in [2.75, 3.05) is 0 Å². The molecule has 0 saturated carbocycles. The number of benzene rings is 1. The Labute approximate surface area is 76.2 Å². The molecule has 68 valence electrons. The van der Waals surface area contributed by atoms with Crippen LogP contribution >= 0.6 is 0 Å². The first-order valence-corrected chi connectivity index (χ1v) is 4.27. The number of nitrogens with two attached hydrogens (primary N) is 1. The number of carboxylic acid groups (broad SMARTS) is 1. The van der Waals surface area contributed by atoms with E-state index in [4.69, 9.17) is 10.8 Å². The largest absolute Gasteiger partial charge is 0.481 e. The van der Waals surface area contributed by atoms with Crippen molar-refractivity contribution in [2.45, 2.75) is 18.4 Å². The van der Waals surface area contributed by atoms with E-state index in [1.807, 2.05) is 24.3 Å². The maximum Gasteiger partial charge on any atom is 0.311 e. The molecule has 0 spiro atoms. The fraction of sp³-hybridized carbons (Fsp3) is 0.300. The van der Waals surface area contributed by atoms with Crippen LogP contribution in [-0.4, -0.2) is 11.1 Å². The maximum atomic E-state index is 10.9. The van der Waals surface area contributed by atoms with Crippen LogP contribution in [-0.2, 0) is 4.79 Å². The van der Waals surface area contributed by atoms with Crippen LogP contribution in [0.25, 0.3) is 0 Å². The van der Waals surface area contributed by atoms with Crippen molar-refractivity contribution in [2.24, 2.45) is 5.73 Å². The van der Waals surface area contributed by atoms with E-state index in [0.29, 0.717) is 6.42 Å². The number of aliphatic carboxylic acids is 1. The Hall–Kier alpha value is -1.35. The van der Waals surface area contributed by atoms with E-state index >= 15 is 0 Å². The molecule has 0 saturated heterocycles. The van der Waals surface area contributed by atoms with Gasteiger partial charge < -0.3 is 10.8 Å². The minimum atomic E-state index is -0.777. The molecule has 0 unspecified atom stereocenters. The zero-order valence-electron chi connectivity index (χ0n) is 7.10. The topological polar surface area (TPSA) is 63.3 Å². The second-order valence-electron chi connectivity index (χ2n) is 3.36. The highest BCUT2D eigenvalue weighted by Crippen LogP contribution is 2.38. The molecule has 1 aliphatic rings. The summed E-state index contributed by atoms with van der Waals surface area (Å²) in [6, 6.07) is 7.39. The van der Waals surface area contributed by atoms with Crippen molar-refractivity contribution in [1.29, 1.82) is 0 Å². The Bertz CT molecular complexity index is 349. The molecule has 2 atom stereocenters. The second kappa shape index (κ2) is 2.85. The lowest BCUT2D eigenvalue weighted by molar-refractivity contribution is -0.138. The van der Waals surface area contributed by atoms with E-state index in [2.05, 4.69) is 0 Å². The third kappa shape index (κ3) is 1.21. The van der Waals surface area contributed by atoms with Crippen LogP contribution in [0.2, 0.25) is 0 Å². The number of fused-ring (bicyclic) bond motifs is 1. The van der Waals surface area contributed by atoms with E-state index in [-0.39, 0.29) is 6.04 Å². The fourth-order valence-electron chi connectivity index (χ4n) is 1.91. The first kappa shape index (κ1) is 8.26. The molecule has 0 aliphatic heterocycles. The average Bonchev–Trinajstić information content (AvgIpc) is 2.45. The summed E-state index contributed by atoms with van der Waals surface area (Å²) in [7, 11) is 0. The van der Waals surface area contributed by atoms with Gasteiger partial charge >= 0.3 is 5.97 Å². The number of hydrogen-bond acceptors (Lipinski definition) is 2. The molecular weight excluding hydrogens is 166 g/mol. The van der Waals surface area contributed by atoms with Crippen LogP contribution in [0.1, 0.15) is 29.5 Å². The van der Waals surface area contributed by atoms with Crippen LogP contribution in [0, 0.1) is 0 Å². The molecule has 3 heteroatoms. The summed E-state index contributed by atoms with van der Waals surface area (Å²) in [5.74, 6) is -1.19. The second-order valence-corrected chi connectivity index (χ2v) is 3.36. The summed E-state index contributed by atoms with van der Waals surface area (Å²) in [4.78, 5) is 10.9. The molecule has 0 radical (unpaired) electrons. The predicted molar refractivity (Wildman–Crippen MR) is 48.4 cm³/mol. The zero-order chi connectivity index (χ0) is 9.42. The van der Waals surface area contributed by atoms with Gasteiger partial charge in [-0.3, -0.25) is 4.79 Å². The first-order chi connectivity index (χ1) is 6.20. The monoisotopic (exact) mass is 177 g/mol. The van der Waals surface area contributed by atoms with Crippen molar-refractivity contribution in [1.82, 2.24) is 0 Å². The van der Waals surface area contributed by atoms with Crippen molar-refractivity contribution in [3.8, 4) is 0 Å². The van der Waals surface area contributed by atoms with Crippen LogP contribution in [0.15, 0.2) is 24.3 Å². The Kier molecular flexibility index (Phi) is 1.81. The molecule has 3 nitrogen and oxygen atoms in total. The summed E-state index contributed by atoms with van der Waals surface area (Å²) in [5.41, 5.74) is 7.67. The smallest absolute Gasteiger partial charge is 0.311 e. The Morgan fingerprint density at radius 3 is 2.62 bits per heavy atom. The highest BCUT2D eigenvalue weighted by atomic mass is 16.4. The van der Waals surface area contributed by atoms with Gasteiger partial charge in [0.05, 0.1) is 5.92 Å². The van der Waals surface area contributed by atoms with Gasteiger partial charge in [-0.2, -0.15) is 0 Å². The Morgan fingerprint density at radius 1 is 1.38 bits per heavy atom. The van der Waals surface area contributed by atoms with Crippen molar-refractivity contribution in [3.05, 3.63) is 35.4 Å². The van der Waals surface area contributed by atoms with Gasteiger partial charge in [-0.15, -0.1) is 0 Å². The van der Waals surface area contributed by atoms with Crippen molar-refractivity contribution < 1.29 is 9.90 Å². The van der Waals surface area contributed by atoms with Gasteiger partial charge in [0.2, 0.25) is 0 Å². The molecule has 1 aromatic carbocycles. The van der Waals surface area contributed by atoms with E-state index in [1.165, 1.54) is 0 Å². The molecule has 0 fully saturated rings. The average molecular weight is 177 g/mol. The first-order valence-electron chi connectivity index (χ1n) is 4.27. The van der Waals surface area contributed by atoms with Gasteiger partial charge in [0.15, 0.2) is 0 Å². The minimum absolute atomic E-state index is 0.114. The third-order valence-electron chi connectivity index (χ3n) is 2.56. The summed E-state index contributed by atoms with van der Waals surface area (Å²) in [5, 5.41) is 8.92. The quantitative estimate of drug-likeness (QED) is 0.678. The van der Waals surface area contributed by atoms with Gasteiger partial charge in [0.1, 0.15) is 0 Å². The van der Waals surface area contributed by atoms with E-state index in [0.717, 1.165) is 11.1 Å². The Balaban J connectivity index is 2.47. The summed E-state index contributed by atoms with van der Waals surface area (Å²) < 4.78 is 0. The number of carboxylic acids is 1. The van der Waals surface area contributed by atoms with Gasteiger partial charge in [-0.05, 0) is 17.5 Å². The lowest BCUT2D eigenvalue weighted by Gasteiger charge is -2.03. The van der Waals surface area contributed by atoms with E-state index in [1.54, 1.807) is 0 Å². The Morgan fingerprint density at radius 2 is 2.00 bits per heavy atom. The lowest BCUT2D eigenvalue weighted by atomic mass is 10.0. The molecule has 13 heavy (non-hydrogen) atoms. The molecule has 0 heterocycles. The number of rotatable bonds is 1. The fourth-order valence-corrected chi connectivity index (χ4v) is 1.91. The normalized spacial score (nSPS) is 25.6. The molecule has 2 rings (SSSR count). The predicted octanol–water partition coefficient (Wildman–Crippen LogP) is 1.26. The van der Waals surface area contributed by atoms with E-state index < -0.39 is 11.9 Å². The van der Waals surface area contributed by atoms with Crippen molar-refractivity contribution >= 4 is 5.97 Å². The van der Waals surface area contributed by atoms with Crippen LogP contribution in [0.5, 0.6) is 0 Å². The summed E-state index contributed by atoms with van der Waals surface area (Å²) >= 11 is 0. The van der Waals surface area contributed by atoms with Gasteiger partial charge in [-0.1, -0.05) is 24.3 Å². The minimum Gasteiger partial charge on any atom is -0.481 e. The lowest BCUT2D eigenvalue weighted by Crippen LogP contribution is -2.10. The van der Waals surface area contributed by atoms with Gasteiger partial charge in [0, 0.05) is 6.04 Å². The molecular formula is C10H11NO2. The van der Waals surface area contributed by atoms with Gasteiger partial charge in [-0.25, -0.2) is 0 Å². The molecule has 0 aromatic heterocycles. The van der Waals surface area contributed by atoms with Gasteiger partial charge in [0.25, 0.3) is 0 Å². The van der Waals surface area contributed by atoms with Crippen LogP contribution in [0.3, 0.4) is 0 Å². The molecule has 0 bridgehead atoms. The molecule has 0 amide bonds. The molecule has 1 aromatic rings. The standard InChI is InChI=1S/C10H11NO2/c11-9-5-8(10(12)13)6-3-1-2-4-7(6)9/h1-4,8-9H,5,11H2,(H,12,13)/t8-,9-/m0/s1. The molecule has 1 aliphatic carbocycles. The van der Waals surface area contributed by atoms with Crippen LogP contribution < -0.4 is 5.73 Å². The molecule has 3 N–H and O–H groups in total. The number of carbonyl (C=O) groups is 1. The summed E-state index contributed by atoms with van der Waals surface area (Å²) in [6.07, 6.45) is 0.523. The maximum absolute atomic E-state index is 10.9. The zero-order valence-corrected chi connectivity index (χ0v) is 7.10. The SMILES string of the molecule is N[C@H]1C[C@H](C(=O)O)c2ccccc21. The highest BCUT2D eigenvalue weighted by molar-refractivity contribution is 5.78. The summed E-state index contributed by atoms with van der Waals surface area (Å²) in [6.45, 7) is 0. The number of hydrogen-bond donors (Lipinski definition) is 2.